The number of rotatable bonds is 7. The lowest BCUT2D eigenvalue weighted by atomic mass is 9.93. The van der Waals surface area contributed by atoms with Gasteiger partial charge < -0.3 is 14.7 Å². The van der Waals surface area contributed by atoms with Crippen LogP contribution in [0.3, 0.4) is 0 Å². The lowest BCUT2D eigenvalue weighted by Gasteiger charge is -2.31. The lowest BCUT2D eigenvalue weighted by Crippen LogP contribution is -2.43. The van der Waals surface area contributed by atoms with E-state index in [1.807, 2.05) is 4.90 Å². The monoisotopic (exact) mass is 651 g/mol. The molecule has 4 aromatic rings. The number of nitrogens with zero attached hydrogens (tertiary/aromatic N) is 4. The first kappa shape index (κ1) is 30.5. The van der Waals surface area contributed by atoms with Crippen LogP contribution in [0.15, 0.2) is 36.4 Å². The van der Waals surface area contributed by atoms with Gasteiger partial charge in [0.05, 0.1) is 17.4 Å². The fourth-order valence-corrected chi connectivity index (χ4v) is 8.21. The molecule has 1 unspecified atom stereocenters. The molecule has 0 bridgehead atoms. The van der Waals surface area contributed by atoms with Crippen molar-refractivity contribution >= 4 is 37.5 Å². The van der Waals surface area contributed by atoms with Gasteiger partial charge in [-0.05, 0) is 61.0 Å². The molecule has 2 N–H and O–H groups in total. The maximum Gasteiger partial charge on any atom is 0.319 e. The average molecular weight is 652 g/mol. The van der Waals surface area contributed by atoms with Crippen LogP contribution in [-0.2, 0) is 10.0 Å². The molecule has 4 heterocycles. The summed E-state index contributed by atoms with van der Waals surface area (Å²) in [5, 5.41) is 11.6. The molecule has 7 rings (SSSR count). The van der Waals surface area contributed by atoms with Crippen molar-refractivity contribution in [3.63, 3.8) is 0 Å². The van der Waals surface area contributed by atoms with Gasteiger partial charge in [0.2, 0.25) is 10.0 Å². The smallest absolute Gasteiger partial charge is 0.319 e. The van der Waals surface area contributed by atoms with Crippen LogP contribution in [-0.4, -0.2) is 85.2 Å². The third-order valence-corrected chi connectivity index (χ3v) is 10.1. The number of fused-ring (bicyclic) bond motifs is 3. The van der Waals surface area contributed by atoms with Crippen LogP contribution in [0.4, 0.5) is 19.0 Å². The van der Waals surface area contributed by atoms with Crippen molar-refractivity contribution in [3.05, 3.63) is 53.6 Å². The molecule has 3 aromatic carbocycles. The Kier molecular flexibility index (Phi) is 7.49. The number of benzene rings is 3. The van der Waals surface area contributed by atoms with E-state index in [1.54, 1.807) is 6.07 Å². The third kappa shape index (κ3) is 5.38. The second-order valence-electron chi connectivity index (χ2n) is 12.5. The lowest BCUT2D eigenvalue weighted by molar-refractivity contribution is 0.107. The van der Waals surface area contributed by atoms with Crippen molar-refractivity contribution < 1.29 is 31.4 Å². The van der Waals surface area contributed by atoms with Gasteiger partial charge in [-0.1, -0.05) is 18.1 Å². The number of hydrogen-bond acceptors (Lipinski definition) is 8. The van der Waals surface area contributed by atoms with Crippen molar-refractivity contribution in [3.8, 4) is 35.2 Å². The van der Waals surface area contributed by atoms with E-state index >= 15 is 4.39 Å². The van der Waals surface area contributed by atoms with Gasteiger partial charge in [0.1, 0.15) is 35.7 Å². The van der Waals surface area contributed by atoms with Crippen molar-refractivity contribution in [2.24, 2.45) is 0 Å². The number of phenols is 1. The molecule has 3 aliphatic rings. The van der Waals surface area contributed by atoms with Gasteiger partial charge >= 0.3 is 6.01 Å². The summed E-state index contributed by atoms with van der Waals surface area (Å²) in [6.07, 6.45) is 8.30. The summed E-state index contributed by atoms with van der Waals surface area (Å²) < 4.78 is 78.6. The number of aromatic nitrogens is 2. The van der Waals surface area contributed by atoms with Crippen LogP contribution in [0.25, 0.3) is 32.8 Å². The van der Waals surface area contributed by atoms with Crippen LogP contribution in [0.2, 0.25) is 0 Å². The largest absolute Gasteiger partial charge is 0.508 e. The Morgan fingerprint density at radius 2 is 1.98 bits per heavy atom. The van der Waals surface area contributed by atoms with E-state index in [0.717, 1.165) is 25.6 Å². The van der Waals surface area contributed by atoms with Gasteiger partial charge in [-0.25, -0.2) is 26.3 Å². The van der Waals surface area contributed by atoms with E-state index in [1.165, 1.54) is 30.3 Å². The number of ether oxygens (including phenoxy) is 1. The topological polar surface area (TPSA) is 108 Å². The Morgan fingerprint density at radius 3 is 2.76 bits per heavy atom. The molecule has 0 spiro atoms. The third-order valence-electron chi connectivity index (χ3n) is 9.35. The summed E-state index contributed by atoms with van der Waals surface area (Å²) in [5.74, 6) is 1.13. The Hall–Kier alpha value is -4.12. The number of anilines is 1. The molecule has 3 saturated heterocycles. The van der Waals surface area contributed by atoms with Crippen molar-refractivity contribution in [1.29, 1.82) is 0 Å². The molecule has 3 atom stereocenters. The number of phenolic OH excluding ortho intramolecular Hbond substituents is 1. The van der Waals surface area contributed by atoms with E-state index in [2.05, 4.69) is 25.5 Å². The number of halogens is 3. The summed E-state index contributed by atoms with van der Waals surface area (Å²) in [7, 11) is -3.46. The van der Waals surface area contributed by atoms with Crippen molar-refractivity contribution in [1.82, 2.24) is 19.6 Å². The molecule has 1 aromatic heterocycles. The fraction of sp³-hybridized carbons (Fsp3) is 0.394. The van der Waals surface area contributed by atoms with E-state index in [0.29, 0.717) is 42.5 Å². The maximum atomic E-state index is 16.8. The SMILES string of the molecule is C#Cc1c(F)ccc2cc(O)cc(-c3ccc4c(N5CCC(NS(C)(=O)=O)C5)nc(OC[C@@]56CCCN5C[C@H](F)C6)nc4c3F)c12. The summed E-state index contributed by atoms with van der Waals surface area (Å²) in [5.41, 5.74) is -0.428. The number of sulfonamides is 1. The molecule has 0 aliphatic carbocycles. The van der Waals surface area contributed by atoms with Crippen molar-refractivity contribution in [2.75, 3.05) is 43.9 Å². The van der Waals surface area contributed by atoms with Gasteiger partial charge in [-0.15, -0.1) is 6.42 Å². The summed E-state index contributed by atoms with van der Waals surface area (Å²) in [6, 6.07) is 8.07. The van der Waals surface area contributed by atoms with Gasteiger partial charge in [0, 0.05) is 48.4 Å². The van der Waals surface area contributed by atoms with Gasteiger partial charge in [0.25, 0.3) is 0 Å². The molecule has 9 nitrogen and oxygen atoms in total. The quantitative estimate of drug-likeness (QED) is 0.282. The highest BCUT2D eigenvalue weighted by molar-refractivity contribution is 7.88. The minimum Gasteiger partial charge on any atom is -0.508 e. The van der Waals surface area contributed by atoms with Crippen molar-refractivity contribution in [2.45, 2.75) is 43.4 Å². The zero-order valence-corrected chi connectivity index (χ0v) is 25.9. The number of terminal acetylenes is 1. The number of aromatic hydroxyl groups is 1. The Balaban J connectivity index is 1.36. The number of hydrogen-bond donors (Lipinski definition) is 2. The van der Waals surface area contributed by atoms with Gasteiger partial charge in [0.15, 0.2) is 5.82 Å². The summed E-state index contributed by atoms with van der Waals surface area (Å²) in [6.45, 7) is 1.95. The van der Waals surface area contributed by atoms with E-state index in [4.69, 9.17) is 11.2 Å². The number of nitrogens with one attached hydrogen (secondary N) is 1. The first-order valence-electron chi connectivity index (χ1n) is 15.1. The maximum absolute atomic E-state index is 16.8. The molecule has 3 aliphatic heterocycles. The van der Waals surface area contributed by atoms with Crippen LogP contribution >= 0.6 is 0 Å². The van der Waals surface area contributed by atoms with Gasteiger partial charge in [-0.2, -0.15) is 9.97 Å². The molecule has 0 radical (unpaired) electrons. The number of alkyl halides is 1. The molecule has 46 heavy (non-hydrogen) atoms. The van der Waals surface area contributed by atoms with Crippen LogP contribution in [0.5, 0.6) is 11.8 Å². The first-order valence-corrected chi connectivity index (χ1v) is 17.0. The second-order valence-corrected chi connectivity index (χ2v) is 14.3. The highest BCUT2D eigenvalue weighted by Crippen LogP contribution is 2.42. The van der Waals surface area contributed by atoms with E-state index < -0.39 is 33.4 Å². The highest BCUT2D eigenvalue weighted by Gasteiger charge is 2.49. The molecular formula is C33H32F3N5O4S. The molecule has 0 amide bonds. The Morgan fingerprint density at radius 1 is 1.15 bits per heavy atom. The highest BCUT2D eigenvalue weighted by atomic mass is 32.2. The molecule has 0 saturated carbocycles. The summed E-state index contributed by atoms with van der Waals surface area (Å²) in [4.78, 5) is 13.1. The van der Waals surface area contributed by atoms with Gasteiger partial charge in [-0.3, -0.25) is 4.90 Å². The Labute approximate surface area is 264 Å². The minimum absolute atomic E-state index is 0.0285. The predicted molar refractivity (Wildman–Crippen MR) is 169 cm³/mol. The first-order chi connectivity index (χ1) is 21.9. The van der Waals surface area contributed by atoms with Crippen LogP contribution in [0.1, 0.15) is 31.2 Å². The predicted octanol–water partition coefficient (Wildman–Crippen LogP) is 4.50. The fourth-order valence-electron chi connectivity index (χ4n) is 7.42. The normalized spacial score (nSPS) is 23.3. The molecule has 13 heteroatoms. The standard InChI is InChI=1S/C33H32F3N5O4S/c1-3-23-27(35)8-5-19-13-22(42)14-26(28(19)23)24-6-7-25-30(29(24)36)37-32(45-18-33-10-4-11-41(33)16-20(34)15-33)38-31(25)40-12-9-21(17-40)39-46(2,43)44/h1,5-8,13-14,20-21,39,42H,4,9-12,15-18H2,2H3/t20-,21?,33+/m1/s1. The molecular weight excluding hydrogens is 619 g/mol. The zero-order chi connectivity index (χ0) is 32.4. The average Bonchev–Trinajstić information content (AvgIpc) is 3.69. The molecule has 240 valence electrons. The zero-order valence-electron chi connectivity index (χ0n) is 25.1. The van der Waals surface area contributed by atoms with E-state index in [-0.39, 0.29) is 58.5 Å². The summed E-state index contributed by atoms with van der Waals surface area (Å²) >= 11 is 0. The minimum atomic E-state index is -3.46. The molecule has 3 fully saturated rings. The Bertz CT molecular complexity index is 2040. The van der Waals surface area contributed by atoms with Crippen LogP contribution in [0, 0.1) is 24.0 Å². The van der Waals surface area contributed by atoms with E-state index in [9.17, 15) is 22.3 Å². The second kappa shape index (κ2) is 11.3. The van der Waals surface area contributed by atoms with Crippen LogP contribution < -0.4 is 14.4 Å².